The Labute approximate surface area is 139 Å². The second kappa shape index (κ2) is 6.35. The van der Waals surface area contributed by atoms with E-state index in [1.807, 2.05) is 19.2 Å². The van der Waals surface area contributed by atoms with Crippen molar-refractivity contribution >= 4 is 16.9 Å². The largest absolute Gasteiger partial charge is 0.422 e. The van der Waals surface area contributed by atoms with E-state index in [0.29, 0.717) is 12.1 Å². The highest BCUT2D eigenvalue weighted by Gasteiger charge is 2.13. The average Bonchev–Trinajstić information content (AvgIpc) is 2.81. The van der Waals surface area contributed by atoms with Crippen LogP contribution in [-0.2, 0) is 13.5 Å². The highest BCUT2D eigenvalue weighted by atomic mass is 16.4. The predicted molar refractivity (Wildman–Crippen MR) is 93.4 cm³/mol. The number of nitrogens with zero attached hydrogens (tertiary/aromatic N) is 1. The number of carbonyl (C=O) groups excluding carboxylic acids is 1. The van der Waals surface area contributed by atoms with Gasteiger partial charge in [-0.25, -0.2) is 4.79 Å². The summed E-state index contributed by atoms with van der Waals surface area (Å²) < 4.78 is 7.32. The van der Waals surface area contributed by atoms with Crippen molar-refractivity contribution in [2.45, 2.75) is 20.3 Å². The maximum atomic E-state index is 12.3. The summed E-state index contributed by atoms with van der Waals surface area (Å²) in [6.07, 6.45) is 0.720. The number of hydrogen-bond donors (Lipinski definition) is 1. The van der Waals surface area contributed by atoms with Crippen molar-refractivity contribution in [1.29, 1.82) is 0 Å². The number of fused-ring (bicyclic) bond motifs is 1. The van der Waals surface area contributed by atoms with Crippen molar-refractivity contribution in [2.24, 2.45) is 7.05 Å². The third-order valence-electron chi connectivity index (χ3n) is 4.45. The molecule has 0 aliphatic rings. The molecule has 0 atom stereocenters. The Morgan fingerprint density at radius 3 is 2.67 bits per heavy atom. The highest BCUT2D eigenvalue weighted by molar-refractivity contribution is 5.96. The van der Waals surface area contributed by atoms with E-state index in [0.717, 1.165) is 11.8 Å². The molecule has 2 aromatic heterocycles. The first-order chi connectivity index (χ1) is 11.5. The lowest BCUT2D eigenvalue weighted by Gasteiger charge is -2.06. The summed E-state index contributed by atoms with van der Waals surface area (Å²) in [6, 6.07) is 10.8. The zero-order valence-electron chi connectivity index (χ0n) is 14.1. The van der Waals surface area contributed by atoms with Gasteiger partial charge in [-0.3, -0.25) is 4.79 Å². The molecule has 24 heavy (non-hydrogen) atoms. The van der Waals surface area contributed by atoms with Crippen LogP contribution in [0, 0.1) is 13.8 Å². The van der Waals surface area contributed by atoms with Crippen LogP contribution in [-0.4, -0.2) is 17.0 Å². The molecule has 0 unspecified atom stereocenters. The van der Waals surface area contributed by atoms with Crippen LogP contribution in [0.4, 0.5) is 0 Å². The van der Waals surface area contributed by atoms with Gasteiger partial charge >= 0.3 is 5.63 Å². The Morgan fingerprint density at radius 2 is 1.96 bits per heavy atom. The average molecular weight is 324 g/mol. The van der Waals surface area contributed by atoms with E-state index < -0.39 is 11.5 Å². The number of nitrogens with one attached hydrogen (secondary N) is 1. The smallest absolute Gasteiger partial charge is 0.349 e. The molecule has 0 spiro atoms. The number of aryl methyl sites for hydroxylation is 1. The summed E-state index contributed by atoms with van der Waals surface area (Å²) in [5, 5.41) is 3.53. The van der Waals surface area contributed by atoms with Crippen LogP contribution < -0.4 is 10.9 Å². The molecule has 0 fully saturated rings. The van der Waals surface area contributed by atoms with E-state index in [2.05, 4.69) is 29.8 Å². The number of carbonyl (C=O) groups is 1. The molecule has 3 rings (SSSR count). The van der Waals surface area contributed by atoms with Gasteiger partial charge in [-0.2, -0.15) is 0 Å². The molecule has 0 aliphatic carbocycles. The first kappa shape index (κ1) is 16.1. The first-order valence-electron chi connectivity index (χ1n) is 7.90. The summed E-state index contributed by atoms with van der Waals surface area (Å²) in [7, 11) is 2.02. The number of hydrogen-bond acceptors (Lipinski definition) is 3. The zero-order valence-corrected chi connectivity index (χ0v) is 14.1. The van der Waals surface area contributed by atoms with Gasteiger partial charge in [0, 0.05) is 30.4 Å². The number of para-hydroxylation sites is 1. The Kier molecular flexibility index (Phi) is 4.25. The molecule has 0 aliphatic heterocycles. The van der Waals surface area contributed by atoms with E-state index >= 15 is 0 Å². The molecular weight excluding hydrogens is 304 g/mol. The standard InChI is InChI=1S/C19H20N2O3/c1-12-10-14(13(2)21(12)3)8-9-20-18(22)16-11-15-6-4-5-7-17(15)24-19(16)23/h4-7,10-11H,8-9H2,1-3H3,(H,20,22). The summed E-state index contributed by atoms with van der Waals surface area (Å²) >= 11 is 0. The minimum atomic E-state index is -0.613. The van der Waals surface area contributed by atoms with Gasteiger partial charge in [0.25, 0.3) is 5.91 Å². The SMILES string of the molecule is Cc1cc(CCNC(=O)c2cc3ccccc3oc2=O)c(C)n1C. The fourth-order valence-corrected chi connectivity index (χ4v) is 2.81. The molecule has 1 amide bonds. The van der Waals surface area contributed by atoms with Crippen LogP contribution in [0.25, 0.3) is 11.0 Å². The lowest BCUT2D eigenvalue weighted by Crippen LogP contribution is -2.30. The summed E-state index contributed by atoms with van der Waals surface area (Å²) in [6.45, 7) is 4.58. The van der Waals surface area contributed by atoms with Crippen LogP contribution in [0.5, 0.6) is 0 Å². The number of rotatable bonds is 4. The fourth-order valence-electron chi connectivity index (χ4n) is 2.81. The highest BCUT2D eigenvalue weighted by Crippen LogP contribution is 2.14. The lowest BCUT2D eigenvalue weighted by molar-refractivity contribution is 0.0950. The molecule has 124 valence electrons. The molecular formula is C19H20N2O3. The second-order valence-corrected chi connectivity index (χ2v) is 5.95. The van der Waals surface area contributed by atoms with Gasteiger partial charge in [-0.1, -0.05) is 18.2 Å². The summed E-state index contributed by atoms with van der Waals surface area (Å²) in [5.41, 5.74) is 3.47. The van der Waals surface area contributed by atoms with Crippen molar-refractivity contribution in [3.63, 3.8) is 0 Å². The molecule has 1 aromatic carbocycles. The molecule has 0 bridgehead atoms. The topological polar surface area (TPSA) is 64.2 Å². The predicted octanol–water partition coefficient (Wildman–Crippen LogP) is 2.72. The van der Waals surface area contributed by atoms with Gasteiger partial charge in [0.15, 0.2) is 0 Å². The molecule has 5 heteroatoms. The number of amides is 1. The van der Waals surface area contributed by atoms with E-state index in [-0.39, 0.29) is 5.56 Å². The van der Waals surface area contributed by atoms with Gasteiger partial charge in [-0.15, -0.1) is 0 Å². The lowest BCUT2D eigenvalue weighted by atomic mass is 10.1. The van der Waals surface area contributed by atoms with Gasteiger partial charge < -0.3 is 14.3 Å². The van der Waals surface area contributed by atoms with E-state index in [1.165, 1.54) is 17.0 Å². The van der Waals surface area contributed by atoms with Gasteiger partial charge in [-0.05, 0) is 44.0 Å². The Bertz CT molecular complexity index is 966. The van der Waals surface area contributed by atoms with Crippen molar-refractivity contribution < 1.29 is 9.21 Å². The van der Waals surface area contributed by atoms with Gasteiger partial charge in [0.1, 0.15) is 11.1 Å². The minimum absolute atomic E-state index is 0.0367. The summed E-state index contributed by atoms with van der Waals surface area (Å²) in [4.78, 5) is 24.3. The molecule has 3 aromatic rings. The molecule has 5 nitrogen and oxygen atoms in total. The molecule has 2 heterocycles. The fraction of sp³-hybridized carbons (Fsp3) is 0.263. The normalized spacial score (nSPS) is 11.0. The Balaban J connectivity index is 1.72. The van der Waals surface area contributed by atoms with Crippen LogP contribution in [0.1, 0.15) is 27.3 Å². The van der Waals surface area contributed by atoms with Crippen LogP contribution in [0.2, 0.25) is 0 Å². The number of benzene rings is 1. The van der Waals surface area contributed by atoms with Crippen LogP contribution in [0.15, 0.2) is 45.6 Å². The molecule has 0 radical (unpaired) electrons. The van der Waals surface area contributed by atoms with Crippen LogP contribution in [0.3, 0.4) is 0 Å². The molecule has 0 saturated heterocycles. The number of aromatic nitrogens is 1. The second-order valence-electron chi connectivity index (χ2n) is 5.95. The van der Waals surface area contributed by atoms with E-state index in [4.69, 9.17) is 4.42 Å². The maximum absolute atomic E-state index is 12.3. The van der Waals surface area contributed by atoms with Crippen LogP contribution >= 0.6 is 0 Å². The first-order valence-corrected chi connectivity index (χ1v) is 7.90. The molecule has 1 N–H and O–H groups in total. The third kappa shape index (κ3) is 2.97. The quantitative estimate of drug-likeness (QED) is 0.751. The van der Waals surface area contributed by atoms with Gasteiger partial charge in [0.2, 0.25) is 0 Å². The zero-order chi connectivity index (χ0) is 17.3. The monoisotopic (exact) mass is 324 g/mol. The van der Waals surface area contributed by atoms with Crippen molar-refractivity contribution in [1.82, 2.24) is 9.88 Å². The Morgan fingerprint density at radius 1 is 1.21 bits per heavy atom. The van der Waals surface area contributed by atoms with E-state index in [9.17, 15) is 9.59 Å². The van der Waals surface area contributed by atoms with Crippen molar-refractivity contribution in [3.8, 4) is 0 Å². The molecule has 0 saturated carbocycles. The maximum Gasteiger partial charge on any atom is 0.349 e. The third-order valence-corrected chi connectivity index (χ3v) is 4.45. The van der Waals surface area contributed by atoms with Crippen molar-refractivity contribution in [3.05, 3.63) is 69.3 Å². The minimum Gasteiger partial charge on any atom is -0.422 e. The Hall–Kier alpha value is -2.82. The van der Waals surface area contributed by atoms with Crippen molar-refractivity contribution in [2.75, 3.05) is 6.54 Å². The van der Waals surface area contributed by atoms with E-state index in [1.54, 1.807) is 18.2 Å². The van der Waals surface area contributed by atoms with Gasteiger partial charge in [0.05, 0.1) is 0 Å². The summed E-state index contributed by atoms with van der Waals surface area (Å²) in [5.74, 6) is -0.403.